The highest BCUT2D eigenvalue weighted by Gasteiger charge is 2.21. The summed E-state index contributed by atoms with van der Waals surface area (Å²) in [5, 5.41) is 6.16. The van der Waals surface area contributed by atoms with Crippen molar-refractivity contribution >= 4 is 35.0 Å². The summed E-state index contributed by atoms with van der Waals surface area (Å²) in [6.45, 7) is 16.7. The number of nitrogens with zero attached hydrogens (tertiary/aromatic N) is 5. The van der Waals surface area contributed by atoms with Gasteiger partial charge in [-0.15, -0.1) is 0 Å². The fourth-order valence-electron chi connectivity index (χ4n) is 5.87. The van der Waals surface area contributed by atoms with Gasteiger partial charge < -0.3 is 34.8 Å². The van der Waals surface area contributed by atoms with Crippen molar-refractivity contribution < 1.29 is 23.9 Å². The summed E-state index contributed by atoms with van der Waals surface area (Å²) >= 11 is 0. The number of hydrogen-bond acceptors (Lipinski definition) is 9. The Labute approximate surface area is 313 Å². The van der Waals surface area contributed by atoms with Crippen LogP contribution in [0.25, 0.3) is 0 Å². The van der Waals surface area contributed by atoms with Crippen molar-refractivity contribution in [2.75, 3.05) is 64.1 Å². The monoisotopic (exact) mass is 723 g/mol. The SMILES string of the molecule is CCN(CC)CCN(C)C(=O)c1ccc(Nc2ncc(C(=O)Nc3c(C)cccc3C)c(Oc3ccc(CCC(=O)N(CC)CC)cc3OC)n2)cc1. The minimum absolute atomic E-state index is 0.00984. The number of carbonyl (C=O) groups is 3. The fourth-order valence-corrected chi connectivity index (χ4v) is 5.87. The van der Waals surface area contributed by atoms with Gasteiger partial charge in [-0.25, -0.2) is 4.98 Å². The van der Waals surface area contributed by atoms with Gasteiger partial charge in [-0.05, 0) is 100 Å². The predicted molar refractivity (Wildman–Crippen MR) is 210 cm³/mol. The number of methoxy groups -OCH3 is 1. The summed E-state index contributed by atoms with van der Waals surface area (Å²) in [5.74, 6) is 0.543. The smallest absolute Gasteiger partial charge is 0.262 e. The summed E-state index contributed by atoms with van der Waals surface area (Å²) in [5.41, 5.74) is 4.75. The number of aromatic nitrogens is 2. The maximum Gasteiger partial charge on any atom is 0.262 e. The molecule has 4 aromatic rings. The van der Waals surface area contributed by atoms with Gasteiger partial charge in [0.15, 0.2) is 11.5 Å². The van der Waals surface area contributed by atoms with E-state index in [1.165, 1.54) is 13.3 Å². The van der Waals surface area contributed by atoms with Crippen molar-refractivity contribution in [3.8, 4) is 17.4 Å². The van der Waals surface area contributed by atoms with Crippen LogP contribution in [-0.2, 0) is 11.2 Å². The van der Waals surface area contributed by atoms with E-state index in [0.29, 0.717) is 60.9 Å². The molecule has 4 rings (SSSR count). The average molecular weight is 724 g/mol. The Bertz CT molecular complexity index is 1840. The second-order valence-electron chi connectivity index (χ2n) is 12.7. The number of carbonyl (C=O) groups excluding carboxylic acids is 3. The van der Waals surface area contributed by atoms with E-state index in [1.807, 2.05) is 70.0 Å². The molecule has 0 aliphatic heterocycles. The average Bonchev–Trinajstić information content (AvgIpc) is 3.16. The van der Waals surface area contributed by atoms with Crippen LogP contribution in [0.3, 0.4) is 0 Å². The Morgan fingerprint density at radius 1 is 0.830 bits per heavy atom. The van der Waals surface area contributed by atoms with E-state index in [0.717, 1.165) is 36.3 Å². The van der Waals surface area contributed by atoms with Gasteiger partial charge in [0, 0.05) is 62.8 Å². The molecule has 282 valence electrons. The highest BCUT2D eigenvalue weighted by Crippen LogP contribution is 2.34. The van der Waals surface area contributed by atoms with E-state index >= 15 is 0 Å². The van der Waals surface area contributed by atoms with E-state index in [9.17, 15) is 14.4 Å². The number of benzene rings is 3. The van der Waals surface area contributed by atoms with E-state index in [1.54, 1.807) is 35.2 Å². The zero-order valence-corrected chi connectivity index (χ0v) is 32.3. The third kappa shape index (κ3) is 10.8. The fraction of sp³-hybridized carbons (Fsp3) is 0.390. The van der Waals surface area contributed by atoms with Crippen LogP contribution in [0, 0.1) is 13.8 Å². The number of rotatable bonds is 18. The molecule has 0 fully saturated rings. The van der Waals surface area contributed by atoms with Crippen LogP contribution >= 0.6 is 0 Å². The van der Waals surface area contributed by atoms with E-state index in [-0.39, 0.29) is 29.2 Å². The molecule has 1 heterocycles. The molecule has 0 atom stereocenters. The molecule has 2 N–H and O–H groups in total. The number of ether oxygens (including phenoxy) is 2. The minimum atomic E-state index is -0.442. The molecule has 12 heteroatoms. The highest BCUT2D eigenvalue weighted by atomic mass is 16.5. The highest BCUT2D eigenvalue weighted by molar-refractivity contribution is 6.06. The summed E-state index contributed by atoms with van der Waals surface area (Å²) in [4.78, 5) is 54.3. The van der Waals surface area contributed by atoms with Crippen molar-refractivity contribution in [1.82, 2.24) is 24.7 Å². The van der Waals surface area contributed by atoms with E-state index < -0.39 is 5.91 Å². The molecular formula is C41H53N7O5. The zero-order chi connectivity index (χ0) is 38.5. The van der Waals surface area contributed by atoms with Gasteiger partial charge >= 0.3 is 0 Å². The summed E-state index contributed by atoms with van der Waals surface area (Å²) < 4.78 is 12.0. The zero-order valence-electron chi connectivity index (χ0n) is 32.3. The Morgan fingerprint density at radius 2 is 1.51 bits per heavy atom. The number of aryl methyl sites for hydroxylation is 3. The molecule has 53 heavy (non-hydrogen) atoms. The predicted octanol–water partition coefficient (Wildman–Crippen LogP) is 7.11. The number of anilines is 3. The van der Waals surface area contributed by atoms with Crippen molar-refractivity contribution in [1.29, 1.82) is 0 Å². The Hall–Kier alpha value is -5.49. The lowest BCUT2D eigenvalue weighted by atomic mass is 10.1. The number of hydrogen-bond donors (Lipinski definition) is 2. The molecule has 0 aliphatic carbocycles. The minimum Gasteiger partial charge on any atom is -0.493 e. The number of nitrogens with one attached hydrogen (secondary N) is 2. The Morgan fingerprint density at radius 3 is 2.13 bits per heavy atom. The van der Waals surface area contributed by atoms with Crippen molar-refractivity contribution in [3.63, 3.8) is 0 Å². The van der Waals surface area contributed by atoms with Crippen LogP contribution in [0.15, 0.2) is 66.9 Å². The topological polar surface area (TPSA) is 129 Å². The van der Waals surface area contributed by atoms with Crippen molar-refractivity contribution in [3.05, 3.63) is 94.7 Å². The lowest BCUT2D eigenvalue weighted by Gasteiger charge is -2.23. The second kappa shape index (κ2) is 19.4. The summed E-state index contributed by atoms with van der Waals surface area (Å²) in [7, 11) is 3.34. The first-order valence-electron chi connectivity index (χ1n) is 18.2. The van der Waals surface area contributed by atoms with Gasteiger partial charge in [0.2, 0.25) is 17.7 Å². The van der Waals surface area contributed by atoms with Crippen LogP contribution in [0.4, 0.5) is 17.3 Å². The van der Waals surface area contributed by atoms with Crippen LogP contribution < -0.4 is 20.1 Å². The molecule has 0 saturated heterocycles. The van der Waals surface area contributed by atoms with Crippen LogP contribution in [-0.4, -0.2) is 95.8 Å². The molecular weight excluding hydrogens is 670 g/mol. The third-order valence-electron chi connectivity index (χ3n) is 9.28. The largest absolute Gasteiger partial charge is 0.493 e. The van der Waals surface area contributed by atoms with E-state index in [4.69, 9.17) is 9.47 Å². The molecule has 0 radical (unpaired) electrons. The van der Waals surface area contributed by atoms with E-state index in [2.05, 4.69) is 39.3 Å². The lowest BCUT2D eigenvalue weighted by Crippen LogP contribution is -2.36. The molecule has 0 spiro atoms. The quantitative estimate of drug-likeness (QED) is 0.110. The molecule has 1 aromatic heterocycles. The molecule has 3 aromatic carbocycles. The molecule has 0 saturated carbocycles. The first-order chi connectivity index (χ1) is 25.5. The van der Waals surface area contributed by atoms with Crippen LogP contribution in [0.1, 0.15) is 71.5 Å². The third-order valence-corrected chi connectivity index (χ3v) is 9.28. The van der Waals surface area contributed by atoms with Gasteiger partial charge in [0.25, 0.3) is 11.8 Å². The standard InChI is InChI=1S/C41H53N7O5/c1-9-47(10-2)25-24-46(7)40(51)31-18-20-32(21-19-31)43-41-42-27-33(38(50)44-37-28(5)14-13-15-29(37)6)39(45-41)53-34-22-16-30(26-35(34)52-8)17-23-36(49)48(11-3)12-4/h13-16,18-22,26-27H,9-12,17,23-25H2,1-8H3,(H,44,50)(H,42,43,45). The van der Waals surface area contributed by atoms with Crippen LogP contribution in [0.5, 0.6) is 17.4 Å². The first-order valence-corrected chi connectivity index (χ1v) is 18.2. The summed E-state index contributed by atoms with van der Waals surface area (Å²) in [6.07, 6.45) is 2.32. The molecule has 3 amide bonds. The lowest BCUT2D eigenvalue weighted by molar-refractivity contribution is -0.130. The second-order valence-corrected chi connectivity index (χ2v) is 12.7. The first kappa shape index (κ1) is 40.3. The molecule has 12 nitrogen and oxygen atoms in total. The van der Waals surface area contributed by atoms with Gasteiger partial charge in [-0.3, -0.25) is 14.4 Å². The number of para-hydroxylation sites is 1. The Kier molecular flexibility index (Phi) is 14.7. The number of likely N-dealkylation sites (N-methyl/N-ethyl adjacent to an activating group) is 2. The van der Waals surface area contributed by atoms with Gasteiger partial charge in [-0.2, -0.15) is 4.98 Å². The molecule has 0 aliphatic rings. The van der Waals surface area contributed by atoms with Crippen LogP contribution in [0.2, 0.25) is 0 Å². The van der Waals surface area contributed by atoms with Gasteiger partial charge in [-0.1, -0.05) is 38.1 Å². The Balaban J connectivity index is 1.59. The maximum atomic E-state index is 13.7. The van der Waals surface area contributed by atoms with Crippen molar-refractivity contribution in [2.24, 2.45) is 0 Å². The van der Waals surface area contributed by atoms with Crippen molar-refractivity contribution in [2.45, 2.75) is 54.4 Å². The molecule has 0 bridgehead atoms. The summed E-state index contributed by atoms with van der Waals surface area (Å²) in [6, 6.07) is 18.3. The normalized spacial score (nSPS) is 10.9. The molecule has 0 unspecified atom stereocenters. The maximum absolute atomic E-state index is 13.7. The van der Waals surface area contributed by atoms with Gasteiger partial charge in [0.05, 0.1) is 7.11 Å². The van der Waals surface area contributed by atoms with Gasteiger partial charge in [0.1, 0.15) is 5.56 Å². The number of amides is 3.